The van der Waals surface area contributed by atoms with Crippen LogP contribution in [0.2, 0.25) is 0 Å². The summed E-state index contributed by atoms with van der Waals surface area (Å²) in [5.74, 6) is -1.00. The molecule has 8 nitrogen and oxygen atoms in total. The van der Waals surface area contributed by atoms with Gasteiger partial charge in [0.15, 0.2) is 0 Å². The first kappa shape index (κ1) is 20.9. The number of benzene rings is 2. The number of nitrogens with zero attached hydrogens (tertiary/aromatic N) is 2. The zero-order valence-corrected chi connectivity index (χ0v) is 16.2. The van der Waals surface area contributed by atoms with Crippen molar-refractivity contribution >= 4 is 33.3 Å². The second-order valence-corrected chi connectivity index (χ2v) is 7.66. The van der Waals surface area contributed by atoms with Crippen molar-refractivity contribution < 1.29 is 22.7 Å². The molecule has 0 aliphatic carbocycles. The van der Waals surface area contributed by atoms with Gasteiger partial charge < -0.3 is 10.1 Å². The first-order chi connectivity index (χ1) is 13.3. The Morgan fingerprint density at radius 3 is 2.21 bits per heavy atom. The van der Waals surface area contributed by atoms with Gasteiger partial charge in [-0.25, -0.2) is 8.42 Å². The van der Waals surface area contributed by atoms with E-state index >= 15 is 0 Å². The molecule has 0 heterocycles. The van der Waals surface area contributed by atoms with Gasteiger partial charge in [-0.05, 0) is 42.0 Å². The number of amides is 1. The minimum absolute atomic E-state index is 0.0494. The summed E-state index contributed by atoms with van der Waals surface area (Å²) in [5, 5.41) is 11.3. The lowest BCUT2D eigenvalue weighted by Gasteiger charge is -2.23. The van der Waals surface area contributed by atoms with Crippen molar-refractivity contribution in [2.75, 3.05) is 23.3 Å². The molecule has 1 amide bonds. The number of ether oxygens (including phenoxy) is 1. The summed E-state index contributed by atoms with van der Waals surface area (Å²) in [4.78, 5) is 22.9. The Hall–Kier alpha value is -3.38. The van der Waals surface area contributed by atoms with Crippen molar-refractivity contribution in [2.24, 2.45) is 0 Å². The smallest absolute Gasteiger partial charge is 0.326 e. The number of carbonyl (C=O) groups excluding carboxylic acids is 2. The number of methoxy groups -OCH3 is 1. The van der Waals surface area contributed by atoms with Gasteiger partial charge in [0.25, 0.3) is 10.0 Å². The van der Waals surface area contributed by atoms with E-state index in [4.69, 9.17) is 5.26 Å². The SMILES string of the molecule is COC(=O)CN(c1ccc(CC#N)cc1)S(=O)(=O)c1ccc(NC(C)=O)cc1. The number of esters is 1. The number of nitrogens with one attached hydrogen (secondary N) is 1. The molecule has 0 saturated heterocycles. The number of nitriles is 1. The zero-order chi connectivity index (χ0) is 20.7. The van der Waals surface area contributed by atoms with Crippen LogP contribution < -0.4 is 9.62 Å². The third kappa shape index (κ3) is 5.08. The van der Waals surface area contributed by atoms with Crippen LogP contribution in [-0.4, -0.2) is 33.9 Å². The lowest BCUT2D eigenvalue weighted by molar-refractivity contribution is -0.138. The van der Waals surface area contributed by atoms with Crippen LogP contribution in [-0.2, 0) is 30.8 Å². The van der Waals surface area contributed by atoms with Gasteiger partial charge in [-0.1, -0.05) is 12.1 Å². The van der Waals surface area contributed by atoms with Crippen LogP contribution >= 0.6 is 0 Å². The average molecular weight is 401 g/mol. The first-order valence-corrected chi connectivity index (χ1v) is 9.65. The monoisotopic (exact) mass is 401 g/mol. The molecule has 2 aromatic carbocycles. The van der Waals surface area contributed by atoms with E-state index in [1.165, 1.54) is 50.4 Å². The number of hydrogen-bond acceptors (Lipinski definition) is 6. The molecule has 2 aromatic rings. The van der Waals surface area contributed by atoms with Crippen LogP contribution in [0, 0.1) is 11.3 Å². The molecular weight excluding hydrogens is 382 g/mol. The Morgan fingerprint density at radius 2 is 1.71 bits per heavy atom. The average Bonchev–Trinajstić information content (AvgIpc) is 2.66. The third-order valence-corrected chi connectivity index (χ3v) is 5.56. The second kappa shape index (κ2) is 9.01. The topological polar surface area (TPSA) is 117 Å². The van der Waals surface area contributed by atoms with Crippen LogP contribution in [0.3, 0.4) is 0 Å². The Balaban J connectivity index is 2.42. The lowest BCUT2D eigenvalue weighted by atomic mass is 10.1. The van der Waals surface area contributed by atoms with Crippen molar-refractivity contribution in [1.29, 1.82) is 5.26 Å². The zero-order valence-electron chi connectivity index (χ0n) is 15.4. The number of anilines is 2. The third-order valence-electron chi connectivity index (χ3n) is 3.77. The van der Waals surface area contributed by atoms with Crippen molar-refractivity contribution in [3.8, 4) is 6.07 Å². The van der Waals surface area contributed by atoms with Crippen LogP contribution in [0.4, 0.5) is 11.4 Å². The van der Waals surface area contributed by atoms with Crippen LogP contribution in [0.1, 0.15) is 12.5 Å². The molecule has 0 bridgehead atoms. The standard InChI is InChI=1S/C19H19N3O5S/c1-14(23)21-16-5-9-18(10-6-16)28(25,26)22(13-19(24)27-2)17-7-3-15(4-8-17)11-12-20/h3-10H,11,13H2,1-2H3,(H,21,23). The van der Waals surface area contributed by atoms with E-state index in [2.05, 4.69) is 10.1 Å². The van der Waals surface area contributed by atoms with Crippen molar-refractivity contribution in [3.63, 3.8) is 0 Å². The van der Waals surface area contributed by atoms with Gasteiger partial charge in [0.2, 0.25) is 5.91 Å². The maximum absolute atomic E-state index is 13.1. The summed E-state index contributed by atoms with van der Waals surface area (Å²) in [6, 6.07) is 13.9. The highest BCUT2D eigenvalue weighted by Gasteiger charge is 2.27. The molecular formula is C19H19N3O5S. The molecule has 9 heteroatoms. The molecule has 0 saturated carbocycles. The van der Waals surface area contributed by atoms with Gasteiger partial charge >= 0.3 is 5.97 Å². The number of sulfonamides is 1. The van der Waals surface area contributed by atoms with E-state index in [1.54, 1.807) is 12.1 Å². The Bertz CT molecular complexity index is 993. The molecule has 2 rings (SSSR count). The molecule has 0 aliphatic rings. The summed E-state index contributed by atoms with van der Waals surface area (Å²) in [5.41, 5.74) is 1.44. The van der Waals surface area contributed by atoms with Crippen LogP contribution in [0.5, 0.6) is 0 Å². The lowest BCUT2D eigenvalue weighted by Crippen LogP contribution is -2.36. The Morgan fingerprint density at radius 1 is 1.11 bits per heavy atom. The fraction of sp³-hybridized carbons (Fsp3) is 0.211. The number of carbonyl (C=O) groups is 2. The molecule has 0 fully saturated rings. The molecule has 0 radical (unpaired) electrons. The highest BCUT2D eigenvalue weighted by Crippen LogP contribution is 2.25. The van der Waals surface area contributed by atoms with Crippen molar-refractivity contribution in [2.45, 2.75) is 18.2 Å². The minimum atomic E-state index is -4.07. The van der Waals surface area contributed by atoms with Crippen molar-refractivity contribution in [1.82, 2.24) is 0 Å². The van der Waals surface area contributed by atoms with E-state index in [0.717, 1.165) is 9.87 Å². The van der Waals surface area contributed by atoms with E-state index in [0.29, 0.717) is 5.69 Å². The predicted octanol–water partition coefficient (Wildman–Crippen LogP) is 2.08. The van der Waals surface area contributed by atoms with E-state index in [1.807, 2.05) is 6.07 Å². The van der Waals surface area contributed by atoms with Gasteiger partial charge in [-0.3, -0.25) is 13.9 Å². The predicted molar refractivity (Wildman–Crippen MR) is 103 cm³/mol. The van der Waals surface area contributed by atoms with E-state index < -0.39 is 22.5 Å². The van der Waals surface area contributed by atoms with Gasteiger partial charge in [0.05, 0.1) is 30.2 Å². The minimum Gasteiger partial charge on any atom is -0.468 e. The molecule has 0 atom stereocenters. The molecule has 146 valence electrons. The molecule has 0 spiro atoms. The van der Waals surface area contributed by atoms with Gasteiger partial charge in [-0.2, -0.15) is 5.26 Å². The largest absolute Gasteiger partial charge is 0.468 e. The Labute approximate surface area is 163 Å². The summed E-state index contributed by atoms with van der Waals surface area (Å²) < 4.78 is 31.8. The molecule has 0 aliphatic heterocycles. The molecule has 28 heavy (non-hydrogen) atoms. The summed E-state index contributed by atoms with van der Waals surface area (Å²) >= 11 is 0. The quantitative estimate of drug-likeness (QED) is 0.710. The van der Waals surface area contributed by atoms with Gasteiger partial charge in [0.1, 0.15) is 6.54 Å². The summed E-state index contributed by atoms with van der Waals surface area (Å²) in [7, 11) is -2.90. The first-order valence-electron chi connectivity index (χ1n) is 8.21. The van der Waals surface area contributed by atoms with E-state index in [-0.39, 0.29) is 22.9 Å². The molecule has 0 unspecified atom stereocenters. The van der Waals surface area contributed by atoms with Crippen LogP contribution in [0.15, 0.2) is 53.4 Å². The normalized spacial score (nSPS) is 10.6. The van der Waals surface area contributed by atoms with Gasteiger partial charge in [-0.15, -0.1) is 0 Å². The number of hydrogen-bond donors (Lipinski definition) is 1. The molecule has 1 N–H and O–H groups in total. The maximum atomic E-state index is 13.1. The summed E-state index contributed by atoms with van der Waals surface area (Å²) in [6.07, 6.45) is 0.189. The van der Waals surface area contributed by atoms with Crippen LogP contribution in [0.25, 0.3) is 0 Å². The Kier molecular flexibility index (Phi) is 6.74. The highest BCUT2D eigenvalue weighted by atomic mass is 32.2. The highest BCUT2D eigenvalue weighted by molar-refractivity contribution is 7.92. The fourth-order valence-electron chi connectivity index (χ4n) is 2.41. The van der Waals surface area contributed by atoms with Gasteiger partial charge in [0, 0.05) is 12.6 Å². The maximum Gasteiger partial charge on any atom is 0.326 e. The fourth-order valence-corrected chi connectivity index (χ4v) is 3.82. The van der Waals surface area contributed by atoms with Crippen molar-refractivity contribution in [3.05, 3.63) is 54.1 Å². The van der Waals surface area contributed by atoms with E-state index in [9.17, 15) is 18.0 Å². The second-order valence-electron chi connectivity index (χ2n) is 5.79. The molecule has 0 aromatic heterocycles. The number of rotatable bonds is 7. The summed E-state index contributed by atoms with van der Waals surface area (Å²) in [6.45, 7) is 0.836.